The van der Waals surface area contributed by atoms with Gasteiger partial charge in [-0.15, -0.1) is 16.9 Å². The van der Waals surface area contributed by atoms with Crippen LogP contribution in [0.1, 0.15) is 10.6 Å². The number of methoxy groups -OCH3 is 1. The van der Waals surface area contributed by atoms with Crippen molar-refractivity contribution in [1.29, 1.82) is 0 Å². The summed E-state index contributed by atoms with van der Waals surface area (Å²) in [6.45, 7) is 0. The Labute approximate surface area is 206 Å². The number of hydrogen-bond acceptors (Lipinski definition) is 6. The number of nitrogens with zero attached hydrogens (tertiary/aromatic N) is 4. The number of benzene rings is 3. The number of amides is 2. The zero-order valence-electron chi connectivity index (χ0n) is 19.0. The molecule has 176 valence electrons. The maximum Gasteiger partial charge on any atom is 0.294 e. The lowest BCUT2D eigenvalue weighted by molar-refractivity contribution is -0.119. The number of thioether (sulfide) groups is 1. The van der Waals surface area contributed by atoms with Crippen LogP contribution in [0, 0.1) is 0 Å². The summed E-state index contributed by atoms with van der Waals surface area (Å²) >= 11 is 1.52. The maximum absolute atomic E-state index is 13.5. The van der Waals surface area contributed by atoms with E-state index in [4.69, 9.17) is 4.74 Å². The molecule has 35 heavy (non-hydrogen) atoms. The molecular formula is C26H23N5O3S. The molecule has 1 saturated heterocycles. The molecule has 9 heteroatoms. The SMILES string of the molecule is COc1ccc(NC(=O)C2CSCN2C(=O)c2nc(-c3ccccc3)n(-c3ccccc3)n2)cc1. The Hall–Kier alpha value is -4.11. The van der Waals surface area contributed by atoms with Crippen molar-refractivity contribution in [3.8, 4) is 22.8 Å². The number of carbonyl (C=O) groups excluding carboxylic acids is 2. The Morgan fingerprint density at radius 1 is 0.971 bits per heavy atom. The molecular weight excluding hydrogens is 462 g/mol. The van der Waals surface area contributed by atoms with Gasteiger partial charge >= 0.3 is 0 Å². The lowest BCUT2D eigenvalue weighted by atomic mass is 10.2. The van der Waals surface area contributed by atoms with Crippen LogP contribution in [0.15, 0.2) is 84.9 Å². The molecule has 1 aliphatic heterocycles. The number of anilines is 1. The van der Waals surface area contributed by atoms with Gasteiger partial charge in [-0.05, 0) is 36.4 Å². The maximum atomic E-state index is 13.5. The van der Waals surface area contributed by atoms with Gasteiger partial charge in [0.25, 0.3) is 5.91 Å². The molecule has 8 nitrogen and oxygen atoms in total. The van der Waals surface area contributed by atoms with E-state index in [1.165, 1.54) is 16.7 Å². The molecule has 2 amide bonds. The molecule has 5 rings (SSSR count). The molecule has 1 unspecified atom stereocenters. The number of nitrogens with one attached hydrogen (secondary N) is 1. The summed E-state index contributed by atoms with van der Waals surface area (Å²) in [4.78, 5) is 32.7. The van der Waals surface area contributed by atoms with Gasteiger partial charge in [0.15, 0.2) is 5.82 Å². The van der Waals surface area contributed by atoms with Crippen LogP contribution in [-0.4, -0.2) is 56.3 Å². The second-order valence-electron chi connectivity index (χ2n) is 7.88. The highest BCUT2D eigenvalue weighted by atomic mass is 32.2. The van der Waals surface area contributed by atoms with Crippen molar-refractivity contribution in [2.45, 2.75) is 6.04 Å². The molecule has 4 aromatic rings. The molecule has 1 atom stereocenters. The standard InChI is InChI=1S/C26H23N5O3S/c1-34-21-14-12-19(13-15-21)27-25(32)22-16-35-17-30(22)26(33)23-28-24(18-8-4-2-5-9-18)31(29-23)20-10-6-3-7-11-20/h2-15,22H,16-17H2,1H3,(H,27,32). The molecule has 0 aliphatic carbocycles. The average molecular weight is 486 g/mol. The van der Waals surface area contributed by atoms with E-state index in [1.54, 1.807) is 36.1 Å². The Morgan fingerprint density at radius 3 is 2.34 bits per heavy atom. The fourth-order valence-corrected chi connectivity index (χ4v) is 4.97. The molecule has 0 bridgehead atoms. The van der Waals surface area contributed by atoms with Crippen LogP contribution in [0.3, 0.4) is 0 Å². The first-order valence-electron chi connectivity index (χ1n) is 11.1. The van der Waals surface area contributed by atoms with Crippen molar-refractivity contribution < 1.29 is 14.3 Å². The van der Waals surface area contributed by atoms with Gasteiger partial charge in [0.05, 0.1) is 18.7 Å². The number of para-hydroxylation sites is 1. The summed E-state index contributed by atoms with van der Waals surface area (Å²) in [5.74, 6) is 1.57. The molecule has 2 heterocycles. The summed E-state index contributed by atoms with van der Waals surface area (Å²) in [5, 5.41) is 7.45. The second kappa shape index (κ2) is 10.0. The molecule has 0 spiro atoms. The Bertz CT molecular complexity index is 1270. The Kier molecular flexibility index (Phi) is 6.49. The van der Waals surface area contributed by atoms with Gasteiger partial charge in [-0.3, -0.25) is 9.59 Å². The van der Waals surface area contributed by atoms with E-state index in [0.29, 0.717) is 28.9 Å². The lowest BCUT2D eigenvalue weighted by Crippen LogP contribution is -2.44. The molecule has 3 aromatic carbocycles. The zero-order chi connectivity index (χ0) is 24.2. The molecule has 1 fully saturated rings. The number of ether oxygens (including phenoxy) is 1. The summed E-state index contributed by atoms with van der Waals surface area (Å²) in [6, 6.07) is 25.6. The van der Waals surface area contributed by atoms with Gasteiger partial charge in [-0.1, -0.05) is 48.5 Å². The third kappa shape index (κ3) is 4.76. The minimum atomic E-state index is -0.626. The smallest absolute Gasteiger partial charge is 0.294 e. The largest absolute Gasteiger partial charge is 0.497 e. The highest BCUT2D eigenvalue weighted by Crippen LogP contribution is 2.26. The fourth-order valence-electron chi connectivity index (χ4n) is 3.81. The molecule has 0 saturated carbocycles. The van der Waals surface area contributed by atoms with Crippen molar-refractivity contribution >= 4 is 29.3 Å². The number of aromatic nitrogens is 3. The molecule has 1 N–H and O–H groups in total. The summed E-state index contributed by atoms with van der Waals surface area (Å²) < 4.78 is 6.83. The number of carbonyl (C=O) groups is 2. The first-order valence-corrected chi connectivity index (χ1v) is 12.2. The van der Waals surface area contributed by atoms with Crippen LogP contribution < -0.4 is 10.1 Å². The van der Waals surface area contributed by atoms with E-state index in [2.05, 4.69) is 15.4 Å². The summed E-state index contributed by atoms with van der Waals surface area (Å²) in [7, 11) is 1.59. The quantitative estimate of drug-likeness (QED) is 0.442. The van der Waals surface area contributed by atoms with Crippen molar-refractivity contribution in [3.05, 3.63) is 90.8 Å². The van der Waals surface area contributed by atoms with Crippen LogP contribution in [0.25, 0.3) is 17.1 Å². The average Bonchev–Trinajstić information content (AvgIpc) is 3.58. The van der Waals surface area contributed by atoms with E-state index in [-0.39, 0.29) is 17.6 Å². The number of rotatable bonds is 6. The van der Waals surface area contributed by atoms with Gasteiger partial charge in [-0.25, -0.2) is 9.67 Å². The third-order valence-electron chi connectivity index (χ3n) is 5.63. The monoisotopic (exact) mass is 485 g/mol. The topological polar surface area (TPSA) is 89.4 Å². The second-order valence-corrected chi connectivity index (χ2v) is 8.88. The van der Waals surface area contributed by atoms with Crippen molar-refractivity contribution in [3.63, 3.8) is 0 Å². The predicted molar refractivity (Wildman–Crippen MR) is 136 cm³/mol. The summed E-state index contributed by atoms with van der Waals surface area (Å²) in [5.41, 5.74) is 2.27. The highest BCUT2D eigenvalue weighted by Gasteiger charge is 2.37. The van der Waals surface area contributed by atoms with Crippen LogP contribution in [-0.2, 0) is 4.79 Å². The van der Waals surface area contributed by atoms with Gasteiger partial charge < -0.3 is 15.0 Å². The van der Waals surface area contributed by atoms with Crippen LogP contribution >= 0.6 is 11.8 Å². The van der Waals surface area contributed by atoms with Crippen LogP contribution in [0.2, 0.25) is 0 Å². The lowest BCUT2D eigenvalue weighted by Gasteiger charge is -2.21. The van der Waals surface area contributed by atoms with E-state index in [0.717, 1.165) is 11.3 Å². The van der Waals surface area contributed by atoms with E-state index < -0.39 is 6.04 Å². The minimum Gasteiger partial charge on any atom is -0.497 e. The highest BCUT2D eigenvalue weighted by molar-refractivity contribution is 7.99. The normalized spacial score (nSPS) is 15.1. The molecule has 1 aromatic heterocycles. The van der Waals surface area contributed by atoms with Crippen molar-refractivity contribution in [1.82, 2.24) is 19.7 Å². The minimum absolute atomic E-state index is 0.0532. The first kappa shape index (κ1) is 22.7. The molecule has 1 aliphatic rings. The van der Waals surface area contributed by atoms with Gasteiger partial charge in [-0.2, -0.15) is 0 Å². The molecule has 0 radical (unpaired) electrons. The Morgan fingerprint density at radius 2 is 1.66 bits per heavy atom. The first-order chi connectivity index (χ1) is 17.1. The Balaban J connectivity index is 1.42. The van der Waals surface area contributed by atoms with E-state index >= 15 is 0 Å². The van der Waals surface area contributed by atoms with Crippen LogP contribution in [0.4, 0.5) is 5.69 Å². The van der Waals surface area contributed by atoms with Gasteiger partial charge in [0.1, 0.15) is 11.8 Å². The predicted octanol–water partition coefficient (Wildman–Crippen LogP) is 4.10. The van der Waals surface area contributed by atoms with Crippen molar-refractivity contribution in [2.75, 3.05) is 24.1 Å². The fraction of sp³-hybridized carbons (Fsp3) is 0.154. The van der Waals surface area contributed by atoms with Crippen LogP contribution in [0.5, 0.6) is 5.75 Å². The number of hydrogen-bond donors (Lipinski definition) is 1. The third-order valence-corrected chi connectivity index (χ3v) is 6.65. The summed E-state index contributed by atoms with van der Waals surface area (Å²) in [6.07, 6.45) is 0. The van der Waals surface area contributed by atoms with E-state index in [9.17, 15) is 9.59 Å². The zero-order valence-corrected chi connectivity index (χ0v) is 19.8. The van der Waals surface area contributed by atoms with Gasteiger partial charge in [0.2, 0.25) is 11.7 Å². The van der Waals surface area contributed by atoms with E-state index in [1.807, 2.05) is 60.7 Å². The van der Waals surface area contributed by atoms with Crippen molar-refractivity contribution in [2.24, 2.45) is 0 Å². The van der Waals surface area contributed by atoms with Gasteiger partial charge in [0, 0.05) is 17.0 Å².